The van der Waals surface area contributed by atoms with Crippen LogP contribution in [0, 0.1) is 0 Å². The van der Waals surface area contributed by atoms with Gasteiger partial charge in [0.05, 0.1) is 28.4 Å². The average molecular weight is 371 g/mol. The van der Waals surface area contributed by atoms with Gasteiger partial charge in [-0.2, -0.15) is 4.98 Å². The molecule has 0 spiro atoms. The van der Waals surface area contributed by atoms with Crippen LogP contribution in [-0.4, -0.2) is 38.6 Å². The lowest BCUT2D eigenvalue weighted by molar-refractivity contribution is 0.355. The fraction of sp³-hybridized carbons (Fsp3) is 0.263. The van der Waals surface area contributed by atoms with Gasteiger partial charge in [0.1, 0.15) is 11.5 Å². The number of rotatable bonds is 8. The molecule has 0 aliphatic heterocycles. The van der Waals surface area contributed by atoms with E-state index in [4.69, 9.17) is 23.5 Å². The average Bonchev–Trinajstić information content (AvgIpc) is 3.20. The van der Waals surface area contributed by atoms with Crippen molar-refractivity contribution in [1.82, 2.24) is 10.1 Å². The Morgan fingerprint density at radius 2 is 1.63 bits per heavy atom. The minimum Gasteiger partial charge on any atom is -0.497 e. The standard InChI is InChI=1S/C19H21N3O5/c1-23-14-7-5-13(16(10-14)25-3)11-20-19-21-18(22-27-19)12-6-8-15(24-2)17(9-12)26-4/h5-10H,11H2,1-4H3,(H,20,21,22). The lowest BCUT2D eigenvalue weighted by Crippen LogP contribution is -2.02. The summed E-state index contributed by atoms with van der Waals surface area (Å²) >= 11 is 0. The van der Waals surface area contributed by atoms with Crippen molar-refractivity contribution in [2.24, 2.45) is 0 Å². The van der Waals surface area contributed by atoms with Crippen molar-refractivity contribution >= 4 is 6.01 Å². The van der Waals surface area contributed by atoms with Crippen molar-refractivity contribution in [3.8, 4) is 34.4 Å². The maximum atomic E-state index is 5.39. The number of nitrogens with one attached hydrogen (secondary N) is 1. The molecule has 8 nitrogen and oxygen atoms in total. The summed E-state index contributed by atoms with van der Waals surface area (Å²) < 4.78 is 26.4. The highest BCUT2D eigenvalue weighted by atomic mass is 16.5. The SMILES string of the molecule is COc1ccc(CNc2nc(-c3ccc(OC)c(OC)c3)no2)c(OC)c1. The van der Waals surface area contributed by atoms with Crippen LogP contribution in [0.1, 0.15) is 5.56 Å². The number of ether oxygens (including phenoxy) is 4. The third-order valence-electron chi connectivity index (χ3n) is 3.99. The molecule has 0 radical (unpaired) electrons. The smallest absolute Gasteiger partial charge is 0.322 e. The van der Waals surface area contributed by atoms with Gasteiger partial charge in [-0.1, -0.05) is 5.16 Å². The maximum Gasteiger partial charge on any atom is 0.322 e. The molecule has 0 fully saturated rings. The van der Waals surface area contributed by atoms with E-state index in [1.165, 1.54) is 0 Å². The minimum atomic E-state index is 0.303. The molecule has 0 aliphatic rings. The van der Waals surface area contributed by atoms with Crippen LogP contribution in [0.15, 0.2) is 40.9 Å². The van der Waals surface area contributed by atoms with Crippen LogP contribution in [0.25, 0.3) is 11.4 Å². The van der Waals surface area contributed by atoms with Crippen LogP contribution in [-0.2, 0) is 6.54 Å². The molecule has 0 bridgehead atoms. The lowest BCUT2D eigenvalue weighted by atomic mass is 10.2. The summed E-state index contributed by atoms with van der Waals surface area (Å²) in [7, 11) is 6.38. The van der Waals surface area contributed by atoms with E-state index in [0.717, 1.165) is 16.9 Å². The van der Waals surface area contributed by atoms with Gasteiger partial charge in [-0.05, 0) is 30.3 Å². The predicted octanol–water partition coefficient (Wildman–Crippen LogP) is 3.38. The molecule has 0 saturated carbocycles. The highest BCUT2D eigenvalue weighted by molar-refractivity contribution is 5.61. The molecule has 0 amide bonds. The van der Waals surface area contributed by atoms with Gasteiger partial charge in [0.2, 0.25) is 5.82 Å². The lowest BCUT2D eigenvalue weighted by Gasteiger charge is -2.10. The minimum absolute atomic E-state index is 0.303. The summed E-state index contributed by atoms with van der Waals surface area (Å²) in [5.74, 6) is 3.11. The zero-order valence-electron chi connectivity index (χ0n) is 15.6. The van der Waals surface area contributed by atoms with Gasteiger partial charge in [-0.15, -0.1) is 0 Å². The van der Waals surface area contributed by atoms with Crippen molar-refractivity contribution in [2.75, 3.05) is 33.8 Å². The summed E-state index contributed by atoms with van der Waals surface area (Å²) in [4.78, 5) is 4.36. The Kier molecular flexibility index (Phi) is 5.65. The van der Waals surface area contributed by atoms with E-state index < -0.39 is 0 Å². The molecule has 3 rings (SSSR count). The molecule has 0 unspecified atom stereocenters. The summed E-state index contributed by atoms with van der Waals surface area (Å²) in [6.45, 7) is 0.459. The van der Waals surface area contributed by atoms with Gasteiger partial charge in [-0.3, -0.25) is 0 Å². The predicted molar refractivity (Wildman–Crippen MR) is 99.7 cm³/mol. The number of aromatic nitrogens is 2. The third kappa shape index (κ3) is 4.05. The molecule has 0 saturated heterocycles. The molecule has 1 aromatic heterocycles. The Morgan fingerprint density at radius 3 is 2.33 bits per heavy atom. The van der Waals surface area contributed by atoms with E-state index in [2.05, 4.69) is 15.5 Å². The Balaban J connectivity index is 1.73. The van der Waals surface area contributed by atoms with E-state index in [9.17, 15) is 0 Å². The topological polar surface area (TPSA) is 87.9 Å². The Bertz CT molecular complexity index is 910. The molecule has 0 aliphatic carbocycles. The number of methoxy groups -OCH3 is 4. The normalized spacial score (nSPS) is 10.4. The van der Waals surface area contributed by atoms with Gasteiger partial charge in [-0.25, -0.2) is 0 Å². The maximum absolute atomic E-state index is 5.39. The first kappa shape index (κ1) is 18.4. The van der Waals surface area contributed by atoms with E-state index in [0.29, 0.717) is 35.6 Å². The molecular formula is C19H21N3O5. The molecule has 3 aromatic rings. The first-order valence-electron chi connectivity index (χ1n) is 8.19. The summed E-state index contributed by atoms with van der Waals surface area (Å²) in [6, 6.07) is 11.3. The van der Waals surface area contributed by atoms with Gasteiger partial charge in [0.15, 0.2) is 11.5 Å². The monoisotopic (exact) mass is 371 g/mol. The fourth-order valence-corrected chi connectivity index (χ4v) is 2.56. The van der Waals surface area contributed by atoms with Gasteiger partial charge >= 0.3 is 6.01 Å². The summed E-state index contributed by atoms with van der Waals surface area (Å²) in [5, 5.41) is 7.10. The second-order valence-electron chi connectivity index (χ2n) is 5.52. The molecule has 8 heteroatoms. The summed E-state index contributed by atoms with van der Waals surface area (Å²) in [6.07, 6.45) is 0. The van der Waals surface area contributed by atoms with Crippen LogP contribution in [0.3, 0.4) is 0 Å². The van der Waals surface area contributed by atoms with E-state index in [1.807, 2.05) is 24.3 Å². The van der Waals surface area contributed by atoms with E-state index >= 15 is 0 Å². The molecule has 1 N–H and O–H groups in total. The van der Waals surface area contributed by atoms with Crippen molar-refractivity contribution in [1.29, 1.82) is 0 Å². The first-order chi connectivity index (χ1) is 13.2. The zero-order valence-corrected chi connectivity index (χ0v) is 15.6. The Hall–Kier alpha value is -3.42. The van der Waals surface area contributed by atoms with Gasteiger partial charge < -0.3 is 28.8 Å². The molecule has 1 heterocycles. The van der Waals surface area contributed by atoms with Crippen molar-refractivity contribution < 1.29 is 23.5 Å². The fourth-order valence-electron chi connectivity index (χ4n) is 2.56. The van der Waals surface area contributed by atoms with Gasteiger partial charge in [0.25, 0.3) is 0 Å². The number of benzene rings is 2. The second-order valence-corrected chi connectivity index (χ2v) is 5.52. The number of nitrogens with zero attached hydrogens (tertiary/aromatic N) is 2. The number of hydrogen-bond acceptors (Lipinski definition) is 8. The molecule has 142 valence electrons. The van der Waals surface area contributed by atoms with Crippen molar-refractivity contribution in [3.63, 3.8) is 0 Å². The highest BCUT2D eigenvalue weighted by Crippen LogP contribution is 2.31. The Morgan fingerprint density at radius 1 is 0.852 bits per heavy atom. The van der Waals surface area contributed by atoms with E-state index in [1.54, 1.807) is 40.6 Å². The second kappa shape index (κ2) is 8.31. The van der Waals surface area contributed by atoms with Crippen LogP contribution in [0.5, 0.6) is 23.0 Å². The summed E-state index contributed by atoms with van der Waals surface area (Å²) in [5.41, 5.74) is 1.69. The third-order valence-corrected chi connectivity index (χ3v) is 3.99. The van der Waals surface area contributed by atoms with Crippen LogP contribution < -0.4 is 24.3 Å². The molecular weight excluding hydrogens is 350 g/mol. The number of anilines is 1. The van der Waals surface area contributed by atoms with Crippen LogP contribution >= 0.6 is 0 Å². The molecule has 0 atom stereocenters. The number of hydrogen-bond donors (Lipinski definition) is 1. The Labute approximate surface area is 157 Å². The van der Waals surface area contributed by atoms with E-state index in [-0.39, 0.29) is 0 Å². The van der Waals surface area contributed by atoms with Crippen molar-refractivity contribution in [2.45, 2.75) is 6.54 Å². The van der Waals surface area contributed by atoms with Crippen LogP contribution in [0.4, 0.5) is 6.01 Å². The largest absolute Gasteiger partial charge is 0.497 e. The zero-order chi connectivity index (χ0) is 19.2. The van der Waals surface area contributed by atoms with Gasteiger partial charge in [0, 0.05) is 23.7 Å². The molecule has 2 aromatic carbocycles. The molecule has 27 heavy (non-hydrogen) atoms. The highest BCUT2D eigenvalue weighted by Gasteiger charge is 2.13. The van der Waals surface area contributed by atoms with Crippen LogP contribution in [0.2, 0.25) is 0 Å². The van der Waals surface area contributed by atoms with Crippen molar-refractivity contribution in [3.05, 3.63) is 42.0 Å². The quantitative estimate of drug-likeness (QED) is 0.645. The first-order valence-corrected chi connectivity index (χ1v) is 8.19.